The summed E-state index contributed by atoms with van der Waals surface area (Å²) in [6, 6.07) is 6.77. The minimum absolute atomic E-state index is 0.0205. The van der Waals surface area contributed by atoms with E-state index < -0.39 is 0 Å². The molecule has 0 bridgehead atoms. The Morgan fingerprint density at radius 2 is 1.96 bits per heavy atom. The van der Waals surface area contributed by atoms with Crippen molar-refractivity contribution in [1.29, 1.82) is 0 Å². The summed E-state index contributed by atoms with van der Waals surface area (Å²) < 4.78 is 5.07. The Kier molecular flexibility index (Phi) is 6.68. The summed E-state index contributed by atoms with van der Waals surface area (Å²) in [5.41, 5.74) is 0.629. The van der Waals surface area contributed by atoms with Gasteiger partial charge in [0.15, 0.2) is 11.6 Å². The Hall–Kier alpha value is -2.70. The van der Waals surface area contributed by atoms with Crippen LogP contribution in [0.2, 0.25) is 0 Å². The summed E-state index contributed by atoms with van der Waals surface area (Å²) in [5.74, 6) is 1.93. The van der Waals surface area contributed by atoms with E-state index in [2.05, 4.69) is 20.5 Å². The Morgan fingerprint density at radius 3 is 2.52 bits per heavy atom. The van der Waals surface area contributed by atoms with Gasteiger partial charge in [-0.1, -0.05) is 6.92 Å². The monoisotopic (exact) mass is 344 g/mol. The van der Waals surface area contributed by atoms with Crippen molar-refractivity contribution in [3.05, 3.63) is 41.5 Å². The fourth-order valence-electron chi connectivity index (χ4n) is 2.46. The molecule has 0 aliphatic rings. The molecule has 1 amide bonds. The van der Waals surface area contributed by atoms with Gasteiger partial charge in [-0.05, 0) is 44.0 Å². The molecular formula is C18H24N4O3. The van der Waals surface area contributed by atoms with E-state index in [0.717, 1.165) is 0 Å². The molecule has 0 saturated heterocycles. The molecule has 0 aliphatic heterocycles. The van der Waals surface area contributed by atoms with Crippen molar-refractivity contribution < 1.29 is 14.3 Å². The fourth-order valence-corrected chi connectivity index (χ4v) is 2.46. The van der Waals surface area contributed by atoms with E-state index in [9.17, 15) is 9.59 Å². The molecule has 2 N–H and O–H groups in total. The summed E-state index contributed by atoms with van der Waals surface area (Å²) >= 11 is 0. The molecule has 0 radical (unpaired) electrons. The lowest BCUT2D eigenvalue weighted by Crippen LogP contribution is -2.28. The van der Waals surface area contributed by atoms with Gasteiger partial charge in [-0.3, -0.25) is 14.7 Å². The van der Waals surface area contributed by atoms with Gasteiger partial charge in [0.25, 0.3) is 0 Å². The number of carbonyl (C=O) groups is 2. The zero-order chi connectivity index (χ0) is 18.2. The number of Topliss-reactive ketones (excluding diaryl/α,β-unsaturated/α-hetero) is 1. The van der Waals surface area contributed by atoms with E-state index in [0.29, 0.717) is 48.6 Å². The van der Waals surface area contributed by atoms with E-state index in [-0.39, 0.29) is 17.7 Å². The van der Waals surface area contributed by atoms with Crippen LogP contribution in [0.5, 0.6) is 5.75 Å². The zero-order valence-electron chi connectivity index (χ0n) is 14.8. The van der Waals surface area contributed by atoms with Crippen LogP contribution in [0.1, 0.15) is 60.7 Å². The molecule has 2 aromatic rings. The number of H-pyrrole nitrogens is 1. The molecule has 0 saturated carbocycles. The number of aromatic nitrogens is 3. The standard InChI is InChI=1S/C18H24N4O3/c1-4-15(18-19-12(2)21-22-18)20-17(24)7-5-6-16(23)13-8-10-14(25-3)11-9-13/h8-11,15H,4-7H2,1-3H3,(H,20,24)(H,19,21,22). The number of nitrogens with zero attached hydrogens (tertiary/aromatic N) is 2. The summed E-state index contributed by atoms with van der Waals surface area (Å²) in [5, 5.41) is 9.78. The number of carbonyl (C=O) groups excluding carboxylic acids is 2. The normalized spacial score (nSPS) is 11.8. The van der Waals surface area contributed by atoms with Gasteiger partial charge in [-0.25, -0.2) is 4.98 Å². The smallest absolute Gasteiger partial charge is 0.220 e. The molecular weight excluding hydrogens is 320 g/mol. The van der Waals surface area contributed by atoms with Gasteiger partial charge in [0.05, 0.1) is 13.2 Å². The van der Waals surface area contributed by atoms with E-state index in [1.165, 1.54) is 0 Å². The molecule has 2 rings (SSSR count). The maximum atomic E-state index is 12.1. The predicted octanol–water partition coefficient (Wildman–Crippen LogP) is 2.74. The number of hydrogen-bond acceptors (Lipinski definition) is 5. The van der Waals surface area contributed by atoms with E-state index >= 15 is 0 Å². The van der Waals surface area contributed by atoms with E-state index in [1.54, 1.807) is 31.4 Å². The Balaban J connectivity index is 1.78. The first-order valence-corrected chi connectivity index (χ1v) is 8.39. The highest BCUT2D eigenvalue weighted by atomic mass is 16.5. The number of ketones is 1. The van der Waals surface area contributed by atoms with Crippen molar-refractivity contribution in [1.82, 2.24) is 20.5 Å². The first-order valence-electron chi connectivity index (χ1n) is 8.39. The average molecular weight is 344 g/mol. The minimum Gasteiger partial charge on any atom is -0.497 e. The van der Waals surface area contributed by atoms with Crippen LogP contribution < -0.4 is 10.1 Å². The number of methoxy groups -OCH3 is 1. The molecule has 1 aromatic heterocycles. The van der Waals surface area contributed by atoms with Crippen molar-refractivity contribution in [3.8, 4) is 5.75 Å². The first-order chi connectivity index (χ1) is 12.0. The van der Waals surface area contributed by atoms with Crippen LogP contribution in [0.4, 0.5) is 0 Å². The van der Waals surface area contributed by atoms with Gasteiger partial charge in [0.2, 0.25) is 5.91 Å². The molecule has 1 unspecified atom stereocenters. The number of ether oxygens (including phenoxy) is 1. The zero-order valence-corrected chi connectivity index (χ0v) is 14.8. The second-order valence-corrected chi connectivity index (χ2v) is 5.81. The maximum absolute atomic E-state index is 12.1. The second kappa shape index (κ2) is 8.96. The lowest BCUT2D eigenvalue weighted by atomic mass is 10.0. The lowest BCUT2D eigenvalue weighted by molar-refractivity contribution is -0.122. The molecule has 134 valence electrons. The van der Waals surface area contributed by atoms with Gasteiger partial charge >= 0.3 is 0 Å². The summed E-state index contributed by atoms with van der Waals surface area (Å²) in [4.78, 5) is 28.5. The van der Waals surface area contributed by atoms with Crippen LogP contribution in [0.25, 0.3) is 0 Å². The van der Waals surface area contributed by atoms with Crippen molar-refractivity contribution in [2.24, 2.45) is 0 Å². The Labute approximate surface area is 147 Å². The van der Waals surface area contributed by atoms with Gasteiger partial charge < -0.3 is 10.1 Å². The fraction of sp³-hybridized carbons (Fsp3) is 0.444. The third kappa shape index (κ3) is 5.41. The van der Waals surface area contributed by atoms with Crippen molar-refractivity contribution in [2.75, 3.05) is 7.11 Å². The molecule has 7 nitrogen and oxygen atoms in total. The number of rotatable bonds is 9. The highest BCUT2D eigenvalue weighted by molar-refractivity contribution is 5.96. The lowest BCUT2D eigenvalue weighted by Gasteiger charge is -2.13. The number of nitrogens with one attached hydrogen (secondary N) is 2. The second-order valence-electron chi connectivity index (χ2n) is 5.81. The van der Waals surface area contributed by atoms with Crippen LogP contribution in [-0.2, 0) is 4.79 Å². The van der Waals surface area contributed by atoms with Gasteiger partial charge in [-0.15, -0.1) is 0 Å². The van der Waals surface area contributed by atoms with Crippen molar-refractivity contribution in [2.45, 2.75) is 45.6 Å². The number of amides is 1. The largest absolute Gasteiger partial charge is 0.497 e. The van der Waals surface area contributed by atoms with Crippen LogP contribution in [0.15, 0.2) is 24.3 Å². The molecule has 1 aromatic carbocycles. The molecule has 0 spiro atoms. The number of aryl methyl sites for hydroxylation is 1. The van der Waals surface area contributed by atoms with Gasteiger partial charge in [0.1, 0.15) is 11.6 Å². The Bertz CT molecular complexity index is 709. The van der Waals surface area contributed by atoms with Crippen LogP contribution >= 0.6 is 0 Å². The molecule has 0 aliphatic carbocycles. The van der Waals surface area contributed by atoms with E-state index in [1.807, 2.05) is 13.8 Å². The summed E-state index contributed by atoms with van der Waals surface area (Å²) in [7, 11) is 1.58. The first kappa shape index (κ1) is 18.6. The predicted molar refractivity (Wildman–Crippen MR) is 93.5 cm³/mol. The van der Waals surface area contributed by atoms with Gasteiger partial charge in [-0.2, -0.15) is 5.10 Å². The molecule has 7 heteroatoms. The maximum Gasteiger partial charge on any atom is 0.220 e. The number of hydrogen-bond donors (Lipinski definition) is 2. The highest BCUT2D eigenvalue weighted by Gasteiger charge is 2.17. The quantitative estimate of drug-likeness (QED) is 0.682. The van der Waals surface area contributed by atoms with Crippen molar-refractivity contribution in [3.63, 3.8) is 0 Å². The topological polar surface area (TPSA) is 97.0 Å². The van der Waals surface area contributed by atoms with Crippen LogP contribution in [-0.4, -0.2) is 34.0 Å². The highest BCUT2D eigenvalue weighted by Crippen LogP contribution is 2.15. The third-order valence-corrected chi connectivity index (χ3v) is 3.89. The van der Waals surface area contributed by atoms with Crippen LogP contribution in [0.3, 0.4) is 0 Å². The van der Waals surface area contributed by atoms with E-state index in [4.69, 9.17) is 4.74 Å². The van der Waals surface area contributed by atoms with Gasteiger partial charge in [0, 0.05) is 18.4 Å². The summed E-state index contributed by atoms with van der Waals surface area (Å²) in [6.45, 7) is 3.78. The summed E-state index contributed by atoms with van der Waals surface area (Å²) in [6.07, 6.45) is 1.83. The number of aromatic amines is 1. The minimum atomic E-state index is -0.213. The SMILES string of the molecule is CCC(NC(=O)CCCC(=O)c1ccc(OC)cc1)c1n[nH]c(C)n1. The third-order valence-electron chi connectivity index (χ3n) is 3.89. The van der Waals surface area contributed by atoms with Crippen molar-refractivity contribution >= 4 is 11.7 Å². The van der Waals surface area contributed by atoms with Crippen LogP contribution in [0, 0.1) is 6.92 Å². The Morgan fingerprint density at radius 1 is 1.24 bits per heavy atom. The molecule has 25 heavy (non-hydrogen) atoms. The average Bonchev–Trinajstić information content (AvgIpc) is 3.05. The molecule has 1 heterocycles. The molecule has 1 atom stereocenters. The number of benzene rings is 1. The molecule has 0 fully saturated rings.